The number of aromatic nitrogens is 1. The van der Waals surface area contributed by atoms with E-state index in [2.05, 4.69) is 33.2 Å². The Kier molecular flexibility index (Phi) is 6.28. The van der Waals surface area contributed by atoms with Gasteiger partial charge in [0.25, 0.3) is 0 Å². The second-order valence-electron chi connectivity index (χ2n) is 4.03. The van der Waals surface area contributed by atoms with Crippen LogP contribution in [0, 0.1) is 11.8 Å². The van der Waals surface area contributed by atoms with E-state index in [1.54, 1.807) is 6.20 Å². The van der Waals surface area contributed by atoms with E-state index in [0.29, 0.717) is 5.02 Å². The molecule has 0 aliphatic heterocycles. The third-order valence-electron chi connectivity index (χ3n) is 2.95. The van der Waals surface area contributed by atoms with Crippen molar-refractivity contribution in [2.45, 2.75) is 33.6 Å². The first-order chi connectivity index (χ1) is 8.20. The molecule has 1 saturated carbocycles. The average Bonchev–Trinajstić information content (AvgIpc) is 3.12. The van der Waals surface area contributed by atoms with Gasteiger partial charge in [-0.05, 0) is 34.2 Å². The van der Waals surface area contributed by atoms with Gasteiger partial charge in [0.2, 0.25) is 0 Å². The number of hydrogen-bond acceptors (Lipinski definition) is 2. The summed E-state index contributed by atoms with van der Waals surface area (Å²) in [5.74, 6) is 2.62. The van der Waals surface area contributed by atoms with E-state index >= 15 is 0 Å². The highest BCUT2D eigenvalue weighted by atomic mass is 79.9. The quantitative estimate of drug-likeness (QED) is 0.846. The predicted molar refractivity (Wildman–Crippen MR) is 78.7 cm³/mol. The number of hydrogen-bond donors (Lipinski definition) is 1. The van der Waals surface area contributed by atoms with Gasteiger partial charge in [-0.2, -0.15) is 0 Å². The molecule has 0 saturated heterocycles. The molecule has 17 heavy (non-hydrogen) atoms. The maximum Gasteiger partial charge on any atom is 0.127 e. The zero-order valence-electron chi connectivity index (χ0n) is 10.6. The van der Waals surface area contributed by atoms with Gasteiger partial charge in [-0.1, -0.05) is 38.8 Å². The van der Waals surface area contributed by atoms with Gasteiger partial charge in [0, 0.05) is 18.8 Å². The molecular weight excluding hydrogens is 300 g/mol. The molecule has 2 unspecified atom stereocenters. The molecule has 0 bridgehead atoms. The summed E-state index contributed by atoms with van der Waals surface area (Å²) in [5, 5.41) is 4.03. The molecule has 1 N–H and O–H groups in total. The van der Waals surface area contributed by atoms with Crippen LogP contribution in [-0.4, -0.2) is 11.5 Å². The molecule has 4 heteroatoms. The summed E-state index contributed by atoms with van der Waals surface area (Å²) in [6.45, 7) is 7.27. The van der Waals surface area contributed by atoms with Crippen LogP contribution in [0.1, 0.15) is 33.6 Å². The van der Waals surface area contributed by atoms with Crippen LogP contribution in [0.5, 0.6) is 0 Å². The Morgan fingerprint density at radius 2 is 2.18 bits per heavy atom. The minimum absolute atomic E-state index is 0.704. The molecule has 1 heterocycles. The lowest BCUT2D eigenvalue weighted by atomic mass is 10.2. The smallest absolute Gasteiger partial charge is 0.127 e. The summed E-state index contributed by atoms with van der Waals surface area (Å²) >= 11 is 9.29. The summed E-state index contributed by atoms with van der Waals surface area (Å²) < 4.78 is 0.840. The first-order valence-corrected chi connectivity index (χ1v) is 7.42. The maximum absolute atomic E-state index is 5.97. The zero-order chi connectivity index (χ0) is 12.8. The van der Waals surface area contributed by atoms with E-state index in [-0.39, 0.29) is 0 Å². The van der Waals surface area contributed by atoms with Crippen LogP contribution < -0.4 is 5.32 Å². The molecule has 1 aromatic heterocycles. The van der Waals surface area contributed by atoms with Gasteiger partial charge in [0.1, 0.15) is 5.82 Å². The van der Waals surface area contributed by atoms with E-state index in [0.717, 1.165) is 28.7 Å². The Morgan fingerprint density at radius 3 is 2.71 bits per heavy atom. The van der Waals surface area contributed by atoms with Crippen molar-refractivity contribution in [2.24, 2.45) is 11.8 Å². The maximum atomic E-state index is 5.97. The number of nitrogens with one attached hydrogen (secondary N) is 1. The first kappa shape index (κ1) is 14.8. The van der Waals surface area contributed by atoms with Crippen molar-refractivity contribution in [3.63, 3.8) is 0 Å². The third-order valence-corrected chi connectivity index (χ3v) is 4.12. The van der Waals surface area contributed by atoms with Gasteiger partial charge < -0.3 is 5.32 Å². The summed E-state index contributed by atoms with van der Waals surface area (Å²) in [6, 6.07) is 1.86. The van der Waals surface area contributed by atoms with Gasteiger partial charge >= 0.3 is 0 Å². The van der Waals surface area contributed by atoms with Crippen molar-refractivity contribution in [3.05, 3.63) is 21.8 Å². The molecule has 1 aliphatic carbocycles. The predicted octanol–water partition coefficient (Wildman–Crippen LogP) is 4.98. The van der Waals surface area contributed by atoms with Crippen molar-refractivity contribution in [2.75, 3.05) is 11.9 Å². The molecule has 1 fully saturated rings. The van der Waals surface area contributed by atoms with Gasteiger partial charge in [-0.3, -0.25) is 0 Å². The zero-order valence-corrected chi connectivity index (χ0v) is 13.0. The molecule has 0 radical (unpaired) electrons. The van der Waals surface area contributed by atoms with Crippen molar-refractivity contribution in [1.29, 1.82) is 0 Å². The fourth-order valence-electron chi connectivity index (χ4n) is 1.81. The monoisotopic (exact) mass is 318 g/mol. The normalized spacial score (nSPS) is 21.5. The van der Waals surface area contributed by atoms with Crippen LogP contribution in [0.25, 0.3) is 0 Å². The summed E-state index contributed by atoms with van der Waals surface area (Å²) in [5.41, 5.74) is 0. The molecular formula is C13H20BrClN2. The summed E-state index contributed by atoms with van der Waals surface area (Å²) in [6.07, 6.45) is 4.38. The molecule has 1 aliphatic rings. The van der Waals surface area contributed by atoms with Crippen molar-refractivity contribution in [3.8, 4) is 0 Å². The molecule has 96 valence electrons. The van der Waals surface area contributed by atoms with Crippen LogP contribution in [-0.2, 0) is 0 Å². The average molecular weight is 320 g/mol. The lowest BCUT2D eigenvalue weighted by molar-refractivity contribution is 0.700. The Morgan fingerprint density at radius 1 is 1.47 bits per heavy atom. The lowest BCUT2D eigenvalue weighted by Gasteiger charge is -2.05. The SMILES string of the molecule is CC.CCC1CC1CNc1cc(Cl)c(Br)cn1. The Labute approximate surface area is 117 Å². The highest BCUT2D eigenvalue weighted by molar-refractivity contribution is 9.10. The Hall–Kier alpha value is -0.280. The first-order valence-electron chi connectivity index (χ1n) is 6.25. The summed E-state index contributed by atoms with van der Waals surface area (Å²) in [7, 11) is 0. The Bertz CT molecular complexity index is 357. The lowest BCUT2D eigenvalue weighted by Crippen LogP contribution is -2.06. The second kappa shape index (κ2) is 7.22. The van der Waals surface area contributed by atoms with Gasteiger partial charge in [-0.15, -0.1) is 0 Å². The molecule has 2 rings (SSSR count). The van der Waals surface area contributed by atoms with E-state index < -0.39 is 0 Å². The number of halogens is 2. The third kappa shape index (κ3) is 4.47. The number of rotatable bonds is 4. The van der Waals surface area contributed by atoms with Gasteiger partial charge in [0.15, 0.2) is 0 Å². The summed E-state index contributed by atoms with van der Waals surface area (Å²) in [4.78, 5) is 4.25. The van der Waals surface area contributed by atoms with Crippen LogP contribution in [0.3, 0.4) is 0 Å². The van der Waals surface area contributed by atoms with Gasteiger partial charge in [0.05, 0.1) is 9.50 Å². The largest absolute Gasteiger partial charge is 0.370 e. The molecule has 0 aromatic carbocycles. The molecule has 2 nitrogen and oxygen atoms in total. The minimum Gasteiger partial charge on any atom is -0.370 e. The number of anilines is 1. The number of pyridine rings is 1. The minimum atomic E-state index is 0.704. The van der Waals surface area contributed by atoms with E-state index in [1.165, 1.54) is 12.8 Å². The van der Waals surface area contributed by atoms with E-state index in [9.17, 15) is 0 Å². The molecule has 1 aromatic rings. The van der Waals surface area contributed by atoms with Crippen molar-refractivity contribution < 1.29 is 0 Å². The van der Waals surface area contributed by atoms with Crippen LogP contribution in [0.4, 0.5) is 5.82 Å². The number of nitrogens with zero attached hydrogens (tertiary/aromatic N) is 1. The molecule has 2 atom stereocenters. The topological polar surface area (TPSA) is 24.9 Å². The fraction of sp³-hybridized carbons (Fsp3) is 0.615. The van der Waals surface area contributed by atoms with Gasteiger partial charge in [-0.25, -0.2) is 4.98 Å². The second-order valence-corrected chi connectivity index (χ2v) is 5.29. The molecule has 0 amide bonds. The van der Waals surface area contributed by atoms with Crippen molar-refractivity contribution >= 4 is 33.3 Å². The fourth-order valence-corrected chi connectivity index (χ4v) is 2.18. The standard InChI is InChI=1S/C11H14BrClN2.C2H6/c1-2-7-3-8(7)5-14-11-4-10(13)9(12)6-15-11;1-2/h4,6-8H,2-3,5H2,1H3,(H,14,15);1-2H3. The van der Waals surface area contributed by atoms with E-state index in [1.807, 2.05) is 19.9 Å². The van der Waals surface area contributed by atoms with E-state index in [4.69, 9.17) is 11.6 Å². The van der Waals surface area contributed by atoms with Crippen LogP contribution >= 0.6 is 27.5 Å². The van der Waals surface area contributed by atoms with Crippen molar-refractivity contribution in [1.82, 2.24) is 4.98 Å². The molecule has 0 spiro atoms. The van der Waals surface area contributed by atoms with Crippen LogP contribution in [0.15, 0.2) is 16.7 Å². The highest BCUT2D eigenvalue weighted by Gasteiger charge is 2.34. The highest BCUT2D eigenvalue weighted by Crippen LogP contribution is 2.40. The Balaban J connectivity index is 0.000000686. The van der Waals surface area contributed by atoms with Crippen LogP contribution in [0.2, 0.25) is 5.02 Å².